The van der Waals surface area contributed by atoms with Crippen LogP contribution in [-0.2, 0) is 9.47 Å². The highest BCUT2D eigenvalue weighted by Crippen LogP contribution is 2.21. The minimum Gasteiger partial charge on any atom is -0.444 e. The van der Waals surface area contributed by atoms with Gasteiger partial charge in [0.15, 0.2) is 0 Å². The Kier molecular flexibility index (Phi) is 16.5. The molecule has 2 fully saturated rings. The number of carbonyl (C=O) groups excluding carboxylic acids is 4. The number of pyridine rings is 2. The highest BCUT2D eigenvalue weighted by atomic mass is 16.6. The van der Waals surface area contributed by atoms with Crippen molar-refractivity contribution in [3.8, 4) is 28.3 Å². The molecule has 2 aliphatic heterocycles. The average molecular weight is 865 g/mol. The van der Waals surface area contributed by atoms with Gasteiger partial charge in [-0.05, 0) is 111 Å². The van der Waals surface area contributed by atoms with Crippen molar-refractivity contribution >= 4 is 24.3 Å². The Morgan fingerprint density at radius 2 is 1.16 bits per heavy atom. The summed E-state index contributed by atoms with van der Waals surface area (Å²) in [5, 5.41) is 3.20. The van der Waals surface area contributed by atoms with Crippen molar-refractivity contribution in [3.05, 3.63) is 104 Å². The van der Waals surface area contributed by atoms with E-state index >= 15 is 0 Å². The van der Waals surface area contributed by atoms with Crippen molar-refractivity contribution in [1.29, 1.82) is 0 Å². The fourth-order valence-corrected chi connectivity index (χ4v) is 6.64. The molecule has 4 aromatic heterocycles. The molecule has 1 aromatic carbocycles. The number of likely N-dealkylation sites (N-methyl/N-ethyl adjacent to an activating group) is 2. The summed E-state index contributed by atoms with van der Waals surface area (Å²) in [5.74, 6) is 0.497. The molecule has 2 saturated heterocycles. The number of amides is 3. The van der Waals surface area contributed by atoms with Crippen molar-refractivity contribution in [2.24, 2.45) is 0 Å². The van der Waals surface area contributed by atoms with Crippen molar-refractivity contribution < 1.29 is 33.4 Å². The first-order valence-corrected chi connectivity index (χ1v) is 21.1. The highest BCUT2D eigenvalue weighted by molar-refractivity contribution is 5.78. The van der Waals surface area contributed by atoms with Gasteiger partial charge in [0, 0.05) is 87.6 Å². The molecule has 0 aliphatic carbocycles. The first kappa shape index (κ1) is 47.4. The molecule has 0 bridgehead atoms. The number of rotatable bonds is 5. The van der Waals surface area contributed by atoms with E-state index < -0.39 is 17.3 Å². The normalized spacial score (nSPS) is 16.3. The molecule has 7 rings (SSSR count). The molecule has 336 valence electrons. The molecule has 2 unspecified atom stereocenters. The van der Waals surface area contributed by atoms with Crippen LogP contribution in [0.5, 0.6) is 5.75 Å². The Morgan fingerprint density at radius 1 is 0.667 bits per heavy atom. The zero-order valence-corrected chi connectivity index (χ0v) is 37.5. The molecule has 6 heterocycles. The number of piperidine rings is 2. The van der Waals surface area contributed by atoms with Crippen LogP contribution in [-0.4, -0.2) is 132 Å². The molecule has 3 amide bonds. The Hall–Kier alpha value is -6.62. The number of likely N-dealkylation sites (tertiary alicyclic amines) is 2. The summed E-state index contributed by atoms with van der Waals surface area (Å²) in [6.45, 7) is 13.9. The lowest BCUT2D eigenvalue weighted by Gasteiger charge is -2.38. The summed E-state index contributed by atoms with van der Waals surface area (Å²) in [6, 6.07) is 16.4. The fraction of sp³-hybridized carbons (Fsp3) is 0.435. The van der Waals surface area contributed by atoms with Crippen LogP contribution in [0.4, 0.5) is 19.2 Å². The molecule has 0 spiro atoms. The van der Waals surface area contributed by atoms with Crippen LogP contribution in [0.3, 0.4) is 0 Å². The van der Waals surface area contributed by atoms with Crippen LogP contribution in [0.25, 0.3) is 22.5 Å². The average Bonchev–Trinajstić information content (AvgIpc) is 3.98. The van der Waals surface area contributed by atoms with Gasteiger partial charge in [-0.1, -0.05) is 18.2 Å². The van der Waals surface area contributed by atoms with Gasteiger partial charge in [0.1, 0.15) is 29.6 Å². The molecule has 0 radical (unpaired) electrons. The number of para-hydroxylation sites is 1. The van der Waals surface area contributed by atoms with Crippen molar-refractivity contribution in [2.75, 3.05) is 40.3 Å². The Labute approximate surface area is 369 Å². The van der Waals surface area contributed by atoms with E-state index in [1.807, 2.05) is 78.9 Å². The summed E-state index contributed by atoms with van der Waals surface area (Å²) in [7, 11) is 3.70. The summed E-state index contributed by atoms with van der Waals surface area (Å²) < 4.78 is 18.8. The third-order valence-electron chi connectivity index (χ3n) is 9.88. The number of nitrogens with zero attached hydrogens (tertiary/aromatic N) is 9. The van der Waals surface area contributed by atoms with Gasteiger partial charge in [0.05, 0.1) is 17.4 Å². The fourth-order valence-electron chi connectivity index (χ4n) is 6.64. The third kappa shape index (κ3) is 14.8. The van der Waals surface area contributed by atoms with Gasteiger partial charge in [-0.2, -0.15) is 0 Å². The van der Waals surface area contributed by atoms with Crippen molar-refractivity contribution in [3.63, 3.8) is 0 Å². The van der Waals surface area contributed by atoms with Gasteiger partial charge in [0.2, 0.25) is 0 Å². The van der Waals surface area contributed by atoms with Gasteiger partial charge < -0.3 is 34.2 Å². The predicted octanol–water partition coefficient (Wildman–Crippen LogP) is 7.84. The van der Waals surface area contributed by atoms with Gasteiger partial charge in [-0.25, -0.2) is 33.7 Å². The number of aromatic nitrogens is 6. The van der Waals surface area contributed by atoms with E-state index in [0.29, 0.717) is 36.3 Å². The number of nitrogens with one attached hydrogen (secondary N) is 1. The first-order chi connectivity index (χ1) is 30.0. The number of hydrogen-bond donors (Lipinski definition) is 1. The predicted molar refractivity (Wildman–Crippen MR) is 238 cm³/mol. The number of carbonyl (C=O) groups is 4. The van der Waals surface area contributed by atoms with Crippen LogP contribution in [0.15, 0.2) is 104 Å². The molecule has 2 atom stereocenters. The van der Waals surface area contributed by atoms with E-state index in [4.69, 9.17) is 14.2 Å². The lowest BCUT2D eigenvalue weighted by Crippen LogP contribution is -2.51. The topological polar surface area (TPSA) is 179 Å². The largest absolute Gasteiger partial charge is 0.444 e. The summed E-state index contributed by atoms with van der Waals surface area (Å²) >= 11 is 0. The highest BCUT2D eigenvalue weighted by Gasteiger charge is 2.32. The second kappa shape index (κ2) is 21.9. The van der Waals surface area contributed by atoms with Gasteiger partial charge in [-0.3, -0.25) is 14.5 Å². The van der Waals surface area contributed by atoms with Crippen LogP contribution < -0.4 is 10.1 Å². The Balaban J connectivity index is 0.000000188. The quantitative estimate of drug-likeness (QED) is 0.181. The zero-order chi connectivity index (χ0) is 45.6. The maximum absolute atomic E-state index is 12.9. The standard InChI is InChI=1S/C20H27N5O3.C15H11N3O2.C11H22N2O2/c1-20(2,3)28-19(27)24-11-5-6-16(12-24)23(4)18(26)25-13-17(22-14-25)15-7-9-21-10-8-15;19-15(20-13-4-2-1-3-5-13)18-10-14(17-11-18)12-6-8-16-9-7-12;1-11(2,3)15-10(14)13-7-5-6-9(8-13)12-4/h7-10,13-14,16H,5-6,11-12H2,1-4H3;1-11H;9,12H,5-8H2,1-4H3. The number of imidazole rings is 2. The number of hydrogen-bond acceptors (Lipinski definition) is 12. The van der Waals surface area contributed by atoms with Crippen LogP contribution in [0, 0.1) is 0 Å². The first-order valence-electron chi connectivity index (χ1n) is 21.1. The molecular weight excluding hydrogens is 805 g/mol. The second-order valence-electron chi connectivity index (χ2n) is 17.2. The number of ether oxygens (including phenoxy) is 3. The van der Waals surface area contributed by atoms with Crippen LogP contribution >= 0.6 is 0 Å². The van der Waals surface area contributed by atoms with Crippen molar-refractivity contribution in [2.45, 2.75) is 90.5 Å². The molecule has 63 heavy (non-hydrogen) atoms. The summed E-state index contributed by atoms with van der Waals surface area (Å²) in [6.07, 6.45) is 15.8. The maximum Gasteiger partial charge on any atom is 0.424 e. The van der Waals surface area contributed by atoms with E-state index in [9.17, 15) is 19.2 Å². The molecule has 2 aliphatic rings. The van der Waals surface area contributed by atoms with E-state index in [2.05, 4.69) is 25.3 Å². The van der Waals surface area contributed by atoms with Crippen LogP contribution in [0.2, 0.25) is 0 Å². The zero-order valence-electron chi connectivity index (χ0n) is 37.5. The minimum absolute atomic E-state index is 0.0689. The molecule has 1 N–H and O–H groups in total. The van der Waals surface area contributed by atoms with Gasteiger partial charge in [0.25, 0.3) is 0 Å². The molecular formula is C46H60N10O7. The second-order valence-corrected chi connectivity index (χ2v) is 17.2. The van der Waals surface area contributed by atoms with Crippen molar-refractivity contribution in [1.82, 2.24) is 49.1 Å². The molecule has 17 nitrogen and oxygen atoms in total. The van der Waals surface area contributed by atoms with E-state index in [1.54, 1.807) is 83.2 Å². The SMILES string of the molecule is CN(C(=O)n1cnc(-c2ccncc2)c1)C1CCCN(C(=O)OC(C)(C)C)C1.CNC1CCCN(C(=O)OC(C)(C)C)C1.O=C(Oc1ccccc1)n1cnc(-c2ccncc2)c1. The number of benzene rings is 1. The lowest BCUT2D eigenvalue weighted by molar-refractivity contribution is 0.0144. The maximum atomic E-state index is 12.9. The minimum atomic E-state index is -0.536. The van der Waals surface area contributed by atoms with Crippen LogP contribution in [0.1, 0.15) is 67.2 Å². The molecule has 17 heteroatoms. The van der Waals surface area contributed by atoms with E-state index in [0.717, 1.165) is 49.9 Å². The Bertz CT molecular complexity index is 2220. The Morgan fingerprint density at radius 3 is 1.68 bits per heavy atom. The monoisotopic (exact) mass is 864 g/mol. The summed E-state index contributed by atoms with van der Waals surface area (Å²) in [4.78, 5) is 70.5. The smallest absolute Gasteiger partial charge is 0.424 e. The molecule has 5 aromatic rings. The molecule has 0 saturated carbocycles. The third-order valence-corrected chi connectivity index (χ3v) is 9.88. The van der Waals surface area contributed by atoms with E-state index in [1.165, 1.54) is 21.8 Å². The van der Waals surface area contributed by atoms with Gasteiger partial charge in [-0.15, -0.1) is 0 Å². The summed E-state index contributed by atoms with van der Waals surface area (Å²) in [5.41, 5.74) is 2.26. The van der Waals surface area contributed by atoms with E-state index in [-0.39, 0.29) is 24.3 Å². The van der Waals surface area contributed by atoms with Gasteiger partial charge >= 0.3 is 24.3 Å². The lowest BCUT2D eigenvalue weighted by atomic mass is 10.1.